The number of nitrogens with zero attached hydrogens (tertiary/aromatic N) is 1. The van der Waals surface area contributed by atoms with E-state index in [1.807, 2.05) is 0 Å². The van der Waals surface area contributed by atoms with Crippen LogP contribution in [0.5, 0.6) is 6.08 Å². The highest BCUT2D eigenvalue weighted by molar-refractivity contribution is 6.16. The van der Waals surface area contributed by atoms with E-state index < -0.39 is 0 Å². The van der Waals surface area contributed by atoms with Crippen molar-refractivity contribution in [3.05, 3.63) is 47.6 Å². The molecule has 0 spiro atoms. The smallest absolute Gasteiger partial charge is 0.394 e. The van der Waals surface area contributed by atoms with Crippen molar-refractivity contribution >= 4 is 11.6 Å². The second kappa shape index (κ2) is 4.99. The van der Waals surface area contributed by atoms with Crippen LogP contribution < -0.4 is 4.74 Å². The second-order valence-electron chi connectivity index (χ2n) is 3.12. The number of hydrogen-bond donors (Lipinski definition) is 0. The second-order valence-corrected chi connectivity index (χ2v) is 3.39. The average Bonchev–Trinajstić information content (AvgIpc) is 2.76. The van der Waals surface area contributed by atoms with Crippen molar-refractivity contribution in [2.75, 3.05) is 0 Å². The van der Waals surface area contributed by atoms with Gasteiger partial charge >= 0.3 is 6.08 Å². The molecule has 5 heteroatoms. The van der Waals surface area contributed by atoms with Crippen molar-refractivity contribution < 1.29 is 13.5 Å². The van der Waals surface area contributed by atoms with Crippen LogP contribution in [-0.4, -0.2) is 4.98 Å². The molecule has 0 bridgehead atoms. The molecule has 2 aromatic rings. The van der Waals surface area contributed by atoms with Gasteiger partial charge < -0.3 is 9.15 Å². The fraction of sp³-hybridized carbons (Fsp3) is 0.182. The first-order valence-corrected chi connectivity index (χ1v) is 5.19. The van der Waals surface area contributed by atoms with Crippen molar-refractivity contribution in [3.8, 4) is 6.08 Å². The number of oxazole rings is 1. The topological polar surface area (TPSA) is 35.3 Å². The van der Waals surface area contributed by atoms with Crippen molar-refractivity contribution in [3.63, 3.8) is 0 Å². The third kappa shape index (κ3) is 2.52. The molecule has 0 saturated heterocycles. The fourth-order valence-electron chi connectivity index (χ4n) is 1.17. The number of rotatable bonds is 4. The maximum absolute atomic E-state index is 13.2. The molecule has 3 nitrogen and oxygen atoms in total. The molecule has 1 aromatic heterocycles. The SMILES string of the molecule is Fc1ccccc1COc1nc(CCl)co1. The average molecular weight is 242 g/mol. The molecular weight excluding hydrogens is 233 g/mol. The molecule has 0 atom stereocenters. The lowest BCUT2D eigenvalue weighted by atomic mass is 10.2. The van der Waals surface area contributed by atoms with Crippen molar-refractivity contribution in [1.82, 2.24) is 4.98 Å². The summed E-state index contributed by atoms with van der Waals surface area (Å²) in [4.78, 5) is 3.93. The molecule has 1 heterocycles. The Hall–Kier alpha value is -1.55. The molecule has 0 unspecified atom stereocenters. The summed E-state index contributed by atoms with van der Waals surface area (Å²) in [6.45, 7) is 0.0783. The number of ether oxygens (including phenoxy) is 1. The molecule has 16 heavy (non-hydrogen) atoms. The molecule has 0 radical (unpaired) electrons. The van der Waals surface area contributed by atoms with Crippen LogP contribution in [0.1, 0.15) is 11.3 Å². The molecule has 0 aliphatic heterocycles. The minimum Gasteiger partial charge on any atom is -0.445 e. The molecule has 84 valence electrons. The normalized spacial score (nSPS) is 10.4. The summed E-state index contributed by atoms with van der Waals surface area (Å²) in [5.41, 5.74) is 1.04. The minimum absolute atomic E-state index is 0.0783. The molecular formula is C11H9ClFNO2. The molecule has 0 amide bonds. The highest BCUT2D eigenvalue weighted by atomic mass is 35.5. The highest BCUT2D eigenvalue weighted by Crippen LogP contribution is 2.14. The zero-order chi connectivity index (χ0) is 11.4. The van der Waals surface area contributed by atoms with Gasteiger partial charge in [-0.15, -0.1) is 11.6 Å². The predicted octanol–water partition coefficient (Wildman–Crippen LogP) is 3.13. The molecule has 0 saturated carbocycles. The van der Waals surface area contributed by atoms with E-state index >= 15 is 0 Å². The number of alkyl halides is 1. The summed E-state index contributed by atoms with van der Waals surface area (Å²) in [7, 11) is 0. The summed E-state index contributed by atoms with van der Waals surface area (Å²) in [5, 5.41) is 0. The van der Waals surface area contributed by atoms with Crippen LogP contribution in [-0.2, 0) is 12.5 Å². The van der Waals surface area contributed by atoms with Gasteiger partial charge in [0.25, 0.3) is 0 Å². The van der Waals surface area contributed by atoms with E-state index in [-0.39, 0.29) is 24.4 Å². The lowest BCUT2D eigenvalue weighted by Crippen LogP contribution is -1.98. The zero-order valence-electron chi connectivity index (χ0n) is 8.32. The van der Waals surface area contributed by atoms with Gasteiger partial charge in [0, 0.05) is 5.56 Å². The Bertz CT molecular complexity index is 473. The number of aromatic nitrogens is 1. The third-order valence-electron chi connectivity index (χ3n) is 1.98. The van der Waals surface area contributed by atoms with E-state index in [2.05, 4.69) is 4.98 Å². The Balaban J connectivity index is 1.99. The summed E-state index contributed by atoms with van der Waals surface area (Å²) >= 11 is 5.54. The first-order chi connectivity index (χ1) is 7.79. The van der Waals surface area contributed by atoms with Crippen LogP contribution in [0.3, 0.4) is 0 Å². The van der Waals surface area contributed by atoms with Crippen LogP contribution in [0, 0.1) is 5.82 Å². The molecule has 0 aliphatic carbocycles. The van der Waals surface area contributed by atoms with Crippen LogP contribution >= 0.6 is 11.6 Å². The number of halogens is 2. The van der Waals surface area contributed by atoms with E-state index in [0.29, 0.717) is 11.3 Å². The van der Waals surface area contributed by atoms with Crippen LogP contribution in [0.15, 0.2) is 34.9 Å². The lowest BCUT2D eigenvalue weighted by Gasteiger charge is -2.02. The van der Waals surface area contributed by atoms with Crippen molar-refractivity contribution in [2.45, 2.75) is 12.5 Å². The maximum atomic E-state index is 13.2. The molecule has 0 fully saturated rings. The maximum Gasteiger partial charge on any atom is 0.394 e. The molecule has 1 aromatic carbocycles. The van der Waals surface area contributed by atoms with E-state index in [9.17, 15) is 4.39 Å². The summed E-state index contributed by atoms with van der Waals surface area (Å²) in [6, 6.07) is 6.37. The Morgan fingerprint density at radius 2 is 2.19 bits per heavy atom. The van der Waals surface area contributed by atoms with Crippen LogP contribution in [0.4, 0.5) is 4.39 Å². The minimum atomic E-state index is -0.313. The quantitative estimate of drug-likeness (QED) is 0.772. The first-order valence-electron chi connectivity index (χ1n) is 4.66. The fourth-order valence-corrected chi connectivity index (χ4v) is 1.29. The molecule has 0 aliphatic rings. The van der Waals surface area contributed by atoms with E-state index in [4.69, 9.17) is 20.8 Å². The Kier molecular flexibility index (Phi) is 3.41. The van der Waals surface area contributed by atoms with Gasteiger partial charge in [0.2, 0.25) is 0 Å². The van der Waals surface area contributed by atoms with E-state index in [1.54, 1.807) is 18.2 Å². The monoisotopic (exact) mass is 241 g/mol. The van der Waals surface area contributed by atoms with Crippen molar-refractivity contribution in [2.24, 2.45) is 0 Å². The Morgan fingerprint density at radius 3 is 2.88 bits per heavy atom. The molecule has 2 rings (SSSR count). The summed E-state index contributed by atoms with van der Waals surface area (Å²) < 4.78 is 23.4. The summed E-state index contributed by atoms with van der Waals surface area (Å²) in [6.07, 6.45) is 1.50. The van der Waals surface area contributed by atoms with E-state index in [1.165, 1.54) is 12.3 Å². The first kappa shape index (κ1) is 11.0. The lowest BCUT2D eigenvalue weighted by molar-refractivity contribution is 0.217. The number of hydrogen-bond acceptors (Lipinski definition) is 3. The van der Waals surface area contributed by atoms with Gasteiger partial charge in [-0.25, -0.2) is 4.39 Å². The van der Waals surface area contributed by atoms with Gasteiger partial charge in [0.05, 0.1) is 11.6 Å². The Labute approximate surface area is 96.8 Å². The standard InChI is InChI=1S/C11H9ClFNO2/c12-5-9-7-16-11(14-9)15-6-8-3-1-2-4-10(8)13/h1-4,7H,5-6H2. The van der Waals surface area contributed by atoms with Gasteiger partial charge in [0.15, 0.2) is 0 Å². The van der Waals surface area contributed by atoms with Gasteiger partial charge in [0.1, 0.15) is 18.7 Å². The van der Waals surface area contributed by atoms with Crippen LogP contribution in [0.25, 0.3) is 0 Å². The largest absolute Gasteiger partial charge is 0.445 e. The van der Waals surface area contributed by atoms with E-state index in [0.717, 1.165) is 0 Å². The van der Waals surface area contributed by atoms with Gasteiger partial charge in [-0.2, -0.15) is 4.98 Å². The number of benzene rings is 1. The van der Waals surface area contributed by atoms with Gasteiger partial charge in [-0.05, 0) is 6.07 Å². The van der Waals surface area contributed by atoms with Gasteiger partial charge in [-0.1, -0.05) is 18.2 Å². The molecule has 0 N–H and O–H groups in total. The zero-order valence-corrected chi connectivity index (χ0v) is 9.08. The third-order valence-corrected chi connectivity index (χ3v) is 2.25. The predicted molar refractivity (Wildman–Crippen MR) is 56.8 cm³/mol. The van der Waals surface area contributed by atoms with Gasteiger partial charge in [-0.3, -0.25) is 0 Å². The highest BCUT2D eigenvalue weighted by Gasteiger charge is 2.06. The Morgan fingerprint density at radius 1 is 1.38 bits per heavy atom. The van der Waals surface area contributed by atoms with Crippen molar-refractivity contribution in [1.29, 1.82) is 0 Å². The summed E-state index contributed by atoms with van der Waals surface area (Å²) in [5.74, 6) is -0.0568. The van der Waals surface area contributed by atoms with Crippen LogP contribution in [0.2, 0.25) is 0 Å².